The van der Waals surface area contributed by atoms with Crippen LogP contribution in [-0.2, 0) is 6.61 Å². The van der Waals surface area contributed by atoms with Gasteiger partial charge < -0.3 is 4.74 Å². The molecular weight excluding hydrogens is 241 g/mol. The van der Waals surface area contributed by atoms with Gasteiger partial charge in [0.2, 0.25) is 0 Å². The first-order valence-corrected chi connectivity index (χ1v) is 5.41. The fourth-order valence-electron chi connectivity index (χ4n) is 1.52. The van der Waals surface area contributed by atoms with Gasteiger partial charge in [-0.2, -0.15) is 0 Å². The van der Waals surface area contributed by atoms with E-state index in [0.717, 1.165) is 17.7 Å². The molecule has 2 aromatic carbocycles. The Balaban J connectivity index is 2.05. The lowest BCUT2D eigenvalue weighted by Gasteiger charge is -2.08. The standard InChI is InChI=1S/C14H11F3O/c15-13-8-11(6-7-12(13)14(16)17)18-9-10-4-2-1-3-5-10/h1-8,14H,9H2. The minimum Gasteiger partial charge on any atom is -0.489 e. The van der Waals surface area contributed by atoms with Crippen molar-refractivity contribution < 1.29 is 17.9 Å². The monoisotopic (exact) mass is 252 g/mol. The van der Waals surface area contributed by atoms with Crippen molar-refractivity contribution in [2.45, 2.75) is 13.0 Å². The summed E-state index contributed by atoms with van der Waals surface area (Å²) in [6.45, 7) is 0.272. The number of benzene rings is 2. The van der Waals surface area contributed by atoms with Crippen molar-refractivity contribution in [3.05, 3.63) is 65.5 Å². The normalized spacial score (nSPS) is 10.7. The highest BCUT2D eigenvalue weighted by atomic mass is 19.3. The zero-order chi connectivity index (χ0) is 13.0. The molecule has 0 aromatic heterocycles. The van der Waals surface area contributed by atoms with E-state index in [-0.39, 0.29) is 12.4 Å². The van der Waals surface area contributed by atoms with E-state index in [4.69, 9.17) is 4.74 Å². The van der Waals surface area contributed by atoms with Crippen LogP contribution in [0.25, 0.3) is 0 Å². The average molecular weight is 252 g/mol. The molecule has 1 nitrogen and oxygen atoms in total. The highest BCUT2D eigenvalue weighted by molar-refractivity contribution is 5.30. The molecule has 0 aliphatic carbocycles. The van der Waals surface area contributed by atoms with E-state index in [1.165, 1.54) is 6.07 Å². The summed E-state index contributed by atoms with van der Waals surface area (Å²) in [5, 5.41) is 0. The molecule has 2 rings (SSSR count). The molecule has 0 aliphatic rings. The largest absolute Gasteiger partial charge is 0.489 e. The minimum absolute atomic E-state index is 0.237. The fraction of sp³-hybridized carbons (Fsp3) is 0.143. The van der Waals surface area contributed by atoms with Crippen LogP contribution in [0.2, 0.25) is 0 Å². The zero-order valence-electron chi connectivity index (χ0n) is 9.45. The molecule has 94 valence electrons. The summed E-state index contributed by atoms with van der Waals surface area (Å²) >= 11 is 0. The minimum atomic E-state index is -2.81. The zero-order valence-corrected chi connectivity index (χ0v) is 9.45. The molecule has 18 heavy (non-hydrogen) atoms. The van der Waals surface area contributed by atoms with Gasteiger partial charge >= 0.3 is 0 Å². The predicted octanol–water partition coefficient (Wildman–Crippen LogP) is 4.34. The van der Waals surface area contributed by atoms with Crippen molar-refractivity contribution >= 4 is 0 Å². The second-order valence-electron chi connectivity index (χ2n) is 3.76. The molecule has 0 spiro atoms. The molecule has 4 heteroatoms. The average Bonchev–Trinajstić information content (AvgIpc) is 2.37. The van der Waals surface area contributed by atoms with Crippen molar-refractivity contribution in [1.82, 2.24) is 0 Å². The summed E-state index contributed by atoms with van der Waals surface area (Å²) in [4.78, 5) is 0. The maximum atomic E-state index is 13.3. The summed E-state index contributed by atoms with van der Waals surface area (Å²) < 4.78 is 43.2. The van der Waals surface area contributed by atoms with Gasteiger partial charge in [0.05, 0.1) is 5.56 Å². The van der Waals surface area contributed by atoms with E-state index in [2.05, 4.69) is 0 Å². The Morgan fingerprint density at radius 1 is 1.00 bits per heavy atom. The molecule has 0 saturated carbocycles. The summed E-state index contributed by atoms with van der Waals surface area (Å²) in [6, 6.07) is 12.7. The van der Waals surface area contributed by atoms with E-state index in [1.54, 1.807) is 0 Å². The van der Waals surface area contributed by atoms with E-state index in [9.17, 15) is 13.2 Å². The van der Waals surface area contributed by atoms with E-state index >= 15 is 0 Å². The number of rotatable bonds is 4. The molecule has 0 aliphatic heterocycles. The van der Waals surface area contributed by atoms with Crippen molar-refractivity contribution in [2.75, 3.05) is 0 Å². The predicted molar refractivity (Wildman–Crippen MR) is 62.1 cm³/mol. The first kappa shape index (κ1) is 12.5. The molecule has 0 heterocycles. The first-order valence-electron chi connectivity index (χ1n) is 5.41. The van der Waals surface area contributed by atoms with E-state index < -0.39 is 17.8 Å². The van der Waals surface area contributed by atoms with Gasteiger partial charge in [0.15, 0.2) is 0 Å². The van der Waals surface area contributed by atoms with Gasteiger partial charge in [-0.15, -0.1) is 0 Å². The van der Waals surface area contributed by atoms with Crippen molar-refractivity contribution in [1.29, 1.82) is 0 Å². The maximum Gasteiger partial charge on any atom is 0.266 e. The smallest absolute Gasteiger partial charge is 0.266 e. The summed E-state index contributed by atoms with van der Waals surface area (Å²) in [7, 11) is 0. The topological polar surface area (TPSA) is 9.23 Å². The molecule has 0 unspecified atom stereocenters. The summed E-state index contributed by atoms with van der Waals surface area (Å²) in [5.41, 5.74) is 0.318. The van der Waals surface area contributed by atoms with Crippen LogP contribution in [0.3, 0.4) is 0 Å². The van der Waals surface area contributed by atoms with E-state index in [0.29, 0.717) is 0 Å². The highest BCUT2D eigenvalue weighted by Crippen LogP contribution is 2.25. The number of ether oxygens (including phenoxy) is 1. The molecule has 0 saturated heterocycles. The van der Waals surface area contributed by atoms with Crippen LogP contribution in [0, 0.1) is 5.82 Å². The Morgan fingerprint density at radius 2 is 1.72 bits per heavy atom. The van der Waals surface area contributed by atoms with Crippen LogP contribution < -0.4 is 4.74 Å². The third-order valence-electron chi connectivity index (χ3n) is 2.46. The molecule has 0 N–H and O–H groups in total. The maximum absolute atomic E-state index is 13.3. The Bertz CT molecular complexity index is 512. The van der Waals surface area contributed by atoms with Crippen LogP contribution in [0.5, 0.6) is 5.75 Å². The van der Waals surface area contributed by atoms with Gasteiger partial charge in [0.25, 0.3) is 6.43 Å². The summed E-state index contributed by atoms with van der Waals surface area (Å²) in [6.07, 6.45) is -2.81. The van der Waals surface area contributed by atoms with Crippen LogP contribution in [0.1, 0.15) is 17.6 Å². The Hall–Kier alpha value is -1.97. The Labute approximate surface area is 103 Å². The number of hydrogen-bond donors (Lipinski definition) is 0. The van der Waals surface area contributed by atoms with Crippen LogP contribution >= 0.6 is 0 Å². The van der Waals surface area contributed by atoms with Crippen molar-refractivity contribution in [3.8, 4) is 5.75 Å². The SMILES string of the molecule is Fc1cc(OCc2ccccc2)ccc1C(F)F. The molecule has 0 bridgehead atoms. The molecular formula is C14H11F3O. The highest BCUT2D eigenvalue weighted by Gasteiger charge is 2.13. The van der Waals surface area contributed by atoms with Crippen molar-refractivity contribution in [2.24, 2.45) is 0 Å². The third-order valence-corrected chi connectivity index (χ3v) is 2.46. The van der Waals surface area contributed by atoms with Crippen LogP contribution in [0.15, 0.2) is 48.5 Å². The van der Waals surface area contributed by atoms with Crippen LogP contribution in [-0.4, -0.2) is 0 Å². The number of hydrogen-bond acceptors (Lipinski definition) is 1. The van der Waals surface area contributed by atoms with E-state index in [1.807, 2.05) is 30.3 Å². The number of halogens is 3. The van der Waals surface area contributed by atoms with Gasteiger partial charge in [-0.1, -0.05) is 30.3 Å². The molecule has 0 atom stereocenters. The summed E-state index contributed by atoms with van der Waals surface area (Å²) in [5.74, 6) is -0.712. The Kier molecular flexibility index (Phi) is 3.87. The lowest BCUT2D eigenvalue weighted by molar-refractivity contribution is 0.146. The van der Waals surface area contributed by atoms with Gasteiger partial charge in [-0.3, -0.25) is 0 Å². The second kappa shape index (κ2) is 5.58. The van der Waals surface area contributed by atoms with Gasteiger partial charge in [-0.05, 0) is 17.7 Å². The van der Waals surface area contributed by atoms with Crippen LogP contribution in [0.4, 0.5) is 13.2 Å². The number of alkyl halides is 2. The van der Waals surface area contributed by atoms with Gasteiger partial charge in [0, 0.05) is 6.07 Å². The lowest BCUT2D eigenvalue weighted by Crippen LogP contribution is -1.97. The van der Waals surface area contributed by atoms with Gasteiger partial charge in [0.1, 0.15) is 18.2 Å². The molecule has 0 fully saturated rings. The second-order valence-corrected chi connectivity index (χ2v) is 3.76. The fourth-order valence-corrected chi connectivity index (χ4v) is 1.52. The lowest BCUT2D eigenvalue weighted by atomic mass is 10.2. The van der Waals surface area contributed by atoms with Gasteiger partial charge in [-0.25, -0.2) is 13.2 Å². The Morgan fingerprint density at radius 3 is 2.33 bits per heavy atom. The molecule has 0 radical (unpaired) electrons. The molecule has 2 aromatic rings. The molecule has 0 amide bonds. The quantitative estimate of drug-likeness (QED) is 0.786. The third kappa shape index (κ3) is 3.03. The van der Waals surface area contributed by atoms with Crippen molar-refractivity contribution in [3.63, 3.8) is 0 Å². The first-order chi connectivity index (χ1) is 8.66.